The number of halogens is 1. The average molecular weight is 428 g/mol. The number of benzene rings is 2. The van der Waals surface area contributed by atoms with Gasteiger partial charge in [0, 0.05) is 16.7 Å². The van der Waals surface area contributed by atoms with Crippen LogP contribution in [-0.2, 0) is 0 Å². The number of H-pyrrole nitrogens is 2. The van der Waals surface area contributed by atoms with Crippen LogP contribution in [0.25, 0.3) is 22.5 Å². The third-order valence-electron chi connectivity index (χ3n) is 5.43. The van der Waals surface area contributed by atoms with E-state index in [1.807, 2.05) is 24.3 Å². The van der Waals surface area contributed by atoms with Crippen molar-refractivity contribution in [2.24, 2.45) is 5.73 Å². The van der Waals surface area contributed by atoms with E-state index in [4.69, 9.17) is 15.2 Å². The van der Waals surface area contributed by atoms with Crippen molar-refractivity contribution in [1.82, 2.24) is 20.4 Å². The van der Waals surface area contributed by atoms with Gasteiger partial charge < -0.3 is 15.2 Å². The van der Waals surface area contributed by atoms with Gasteiger partial charge in [-0.3, -0.25) is 10.2 Å². The van der Waals surface area contributed by atoms with Crippen LogP contribution in [0.1, 0.15) is 17.0 Å². The Morgan fingerprint density at radius 1 is 1.06 bits per heavy atom. The Morgan fingerprint density at radius 3 is 2.44 bits per heavy atom. The van der Waals surface area contributed by atoms with Gasteiger partial charge in [0.1, 0.15) is 23.2 Å². The third-order valence-corrected chi connectivity index (χ3v) is 5.43. The maximum atomic E-state index is 13.5. The molecule has 0 spiro atoms. The number of fused-ring (bicyclic) bond motifs is 1. The van der Waals surface area contributed by atoms with Crippen molar-refractivity contribution in [3.05, 3.63) is 83.1 Å². The molecule has 2 aromatic heterocycles. The number of nitriles is 1. The Kier molecular flexibility index (Phi) is 4.60. The van der Waals surface area contributed by atoms with E-state index in [0.717, 1.165) is 11.1 Å². The van der Waals surface area contributed by atoms with Crippen LogP contribution in [0, 0.1) is 17.1 Å². The first-order chi connectivity index (χ1) is 15.6. The molecule has 9 heteroatoms. The molecular formula is C23H17FN6O2. The Bertz CT molecular complexity index is 1360. The van der Waals surface area contributed by atoms with E-state index >= 15 is 0 Å². The van der Waals surface area contributed by atoms with Crippen LogP contribution in [0.5, 0.6) is 11.6 Å². The van der Waals surface area contributed by atoms with Crippen LogP contribution >= 0.6 is 0 Å². The van der Waals surface area contributed by atoms with Gasteiger partial charge in [0.05, 0.1) is 36.2 Å². The Labute approximate surface area is 182 Å². The minimum Gasteiger partial charge on any atom is -0.497 e. The number of rotatable bonds is 4. The zero-order valence-electron chi connectivity index (χ0n) is 16.9. The molecule has 0 amide bonds. The van der Waals surface area contributed by atoms with E-state index < -0.39 is 5.92 Å². The lowest BCUT2D eigenvalue weighted by molar-refractivity contribution is 0.379. The van der Waals surface area contributed by atoms with Crippen LogP contribution in [0.15, 0.2) is 66.2 Å². The largest absolute Gasteiger partial charge is 0.497 e. The minimum absolute atomic E-state index is 0.0240. The van der Waals surface area contributed by atoms with E-state index in [9.17, 15) is 9.65 Å². The second kappa shape index (κ2) is 7.59. The van der Waals surface area contributed by atoms with Gasteiger partial charge in [-0.1, -0.05) is 0 Å². The second-order valence-corrected chi connectivity index (χ2v) is 7.18. The molecule has 1 atom stereocenters. The molecule has 0 aliphatic carbocycles. The molecule has 0 radical (unpaired) electrons. The molecule has 4 N–H and O–H groups in total. The van der Waals surface area contributed by atoms with Gasteiger partial charge in [0.15, 0.2) is 0 Å². The highest BCUT2D eigenvalue weighted by molar-refractivity contribution is 5.74. The lowest BCUT2D eigenvalue weighted by Crippen LogP contribution is -2.21. The number of nitrogens with one attached hydrogen (secondary N) is 2. The zero-order chi connectivity index (χ0) is 22.2. The summed E-state index contributed by atoms with van der Waals surface area (Å²) < 4.78 is 24.4. The molecular weight excluding hydrogens is 411 g/mol. The van der Waals surface area contributed by atoms with Crippen molar-refractivity contribution in [3.8, 4) is 40.2 Å². The van der Waals surface area contributed by atoms with Crippen LogP contribution in [0.3, 0.4) is 0 Å². The number of allylic oxidation sites excluding steroid dienone is 1. The third kappa shape index (κ3) is 3.06. The van der Waals surface area contributed by atoms with Gasteiger partial charge >= 0.3 is 0 Å². The van der Waals surface area contributed by atoms with E-state index in [0.29, 0.717) is 28.3 Å². The molecule has 0 saturated carbocycles. The minimum atomic E-state index is -0.599. The van der Waals surface area contributed by atoms with Crippen LogP contribution in [-0.4, -0.2) is 27.5 Å². The number of aromatic nitrogens is 4. The molecule has 0 unspecified atom stereocenters. The Balaban J connectivity index is 1.70. The average Bonchev–Trinajstić information content (AvgIpc) is 3.46. The van der Waals surface area contributed by atoms with Crippen molar-refractivity contribution < 1.29 is 13.9 Å². The van der Waals surface area contributed by atoms with Crippen molar-refractivity contribution >= 4 is 0 Å². The Hall–Kier alpha value is -4.58. The fraction of sp³-hybridized carbons (Fsp3) is 0.0870. The number of methoxy groups -OCH3 is 1. The second-order valence-electron chi connectivity index (χ2n) is 7.18. The van der Waals surface area contributed by atoms with Gasteiger partial charge in [-0.15, -0.1) is 5.10 Å². The highest BCUT2D eigenvalue weighted by Gasteiger charge is 2.37. The summed E-state index contributed by atoms with van der Waals surface area (Å²) in [6.07, 6.45) is 1.63. The predicted octanol–water partition coefficient (Wildman–Crippen LogP) is 3.83. The summed E-state index contributed by atoms with van der Waals surface area (Å²) in [5.41, 5.74) is 10.5. The van der Waals surface area contributed by atoms with Gasteiger partial charge in [-0.05, 0) is 48.5 Å². The summed E-state index contributed by atoms with van der Waals surface area (Å²) in [6.45, 7) is 0. The highest BCUT2D eigenvalue weighted by Crippen LogP contribution is 2.47. The van der Waals surface area contributed by atoms with Crippen LogP contribution in [0.4, 0.5) is 4.39 Å². The normalized spacial score (nSPS) is 15.1. The van der Waals surface area contributed by atoms with Crippen molar-refractivity contribution in [1.29, 1.82) is 5.26 Å². The quantitative estimate of drug-likeness (QED) is 0.454. The first-order valence-corrected chi connectivity index (χ1v) is 9.70. The number of ether oxygens (including phenoxy) is 2. The van der Waals surface area contributed by atoms with Gasteiger partial charge in [-0.25, -0.2) is 4.39 Å². The Morgan fingerprint density at radius 2 is 1.75 bits per heavy atom. The van der Waals surface area contributed by atoms with E-state index in [1.54, 1.807) is 25.4 Å². The fourth-order valence-corrected chi connectivity index (χ4v) is 3.90. The first kappa shape index (κ1) is 19.4. The molecule has 1 aliphatic heterocycles. The van der Waals surface area contributed by atoms with Crippen molar-refractivity contribution in [3.63, 3.8) is 0 Å². The van der Waals surface area contributed by atoms with Crippen molar-refractivity contribution in [2.75, 3.05) is 7.11 Å². The highest BCUT2D eigenvalue weighted by atomic mass is 19.1. The number of aromatic amines is 2. The van der Waals surface area contributed by atoms with Gasteiger partial charge in [-0.2, -0.15) is 10.4 Å². The maximum Gasteiger partial charge on any atom is 0.244 e. The summed E-state index contributed by atoms with van der Waals surface area (Å²) in [7, 11) is 1.60. The summed E-state index contributed by atoms with van der Waals surface area (Å²) in [5, 5.41) is 24.4. The first-order valence-electron chi connectivity index (χ1n) is 9.70. The van der Waals surface area contributed by atoms with E-state index in [-0.39, 0.29) is 23.2 Å². The molecule has 1 aliphatic rings. The zero-order valence-corrected chi connectivity index (χ0v) is 16.9. The lowest BCUT2D eigenvalue weighted by Gasteiger charge is -2.24. The van der Waals surface area contributed by atoms with Crippen molar-refractivity contribution in [2.45, 2.75) is 5.92 Å². The molecule has 4 aromatic rings. The number of nitrogens with two attached hydrogens (primary N) is 1. The summed E-state index contributed by atoms with van der Waals surface area (Å²) in [5.74, 6) is 0.0258. The predicted molar refractivity (Wildman–Crippen MR) is 114 cm³/mol. The van der Waals surface area contributed by atoms with Gasteiger partial charge in [0.25, 0.3) is 0 Å². The summed E-state index contributed by atoms with van der Waals surface area (Å²) in [6, 6.07) is 15.6. The lowest BCUT2D eigenvalue weighted by atomic mass is 9.82. The van der Waals surface area contributed by atoms with E-state index in [1.165, 1.54) is 12.1 Å². The number of nitrogens with zero attached hydrogens (tertiary/aromatic N) is 3. The maximum absolute atomic E-state index is 13.5. The van der Waals surface area contributed by atoms with Crippen LogP contribution in [0.2, 0.25) is 0 Å². The summed E-state index contributed by atoms with van der Waals surface area (Å²) in [4.78, 5) is 0. The SMILES string of the molecule is COc1ccc(-c2[nH]nc3c2[C@H](c2cn[nH]c2-c2ccc(F)cc2)C(C#N)=C(N)O3)cc1. The standard InChI is InChI=1S/C23H17FN6O2/c1-31-15-8-4-13(5-9-15)21-19-18(16(10-25)22(26)32-23(19)30-29-21)17-11-27-28-20(17)12-2-6-14(24)7-3-12/h2-9,11,18H,26H2,1H3,(H,27,28)(H,29,30)/t18-/m0/s1. The number of hydrogen-bond donors (Lipinski definition) is 3. The molecule has 2 aromatic carbocycles. The molecule has 32 heavy (non-hydrogen) atoms. The molecule has 0 saturated heterocycles. The number of hydrogen-bond acceptors (Lipinski definition) is 6. The smallest absolute Gasteiger partial charge is 0.244 e. The van der Waals surface area contributed by atoms with E-state index in [2.05, 4.69) is 26.5 Å². The van der Waals surface area contributed by atoms with Gasteiger partial charge in [0.2, 0.25) is 11.8 Å². The molecule has 5 rings (SSSR count). The monoisotopic (exact) mass is 428 g/mol. The topological polar surface area (TPSA) is 126 Å². The molecule has 158 valence electrons. The molecule has 8 nitrogen and oxygen atoms in total. The molecule has 3 heterocycles. The molecule has 0 fully saturated rings. The fourth-order valence-electron chi connectivity index (χ4n) is 3.90. The van der Waals surface area contributed by atoms with Crippen LogP contribution < -0.4 is 15.2 Å². The molecule has 0 bridgehead atoms. The summed E-state index contributed by atoms with van der Waals surface area (Å²) >= 11 is 0.